The first-order chi connectivity index (χ1) is 7.99. The van der Waals surface area contributed by atoms with E-state index in [4.69, 9.17) is 9.47 Å². The lowest BCUT2D eigenvalue weighted by Gasteiger charge is -2.14. The second-order valence-corrected chi connectivity index (χ2v) is 3.87. The molecule has 0 unspecified atom stereocenters. The lowest BCUT2D eigenvalue weighted by Crippen LogP contribution is -2.18. The third kappa shape index (κ3) is 3.03. The normalized spacial score (nSPS) is 10.2. The van der Waals surface area contributed by atoms with Crippen LogP contribution in [0, 0.1) is 5.92 Å². The molecular weight excluding hydrogens is 222 g/mol. The number of anilines is 1. The van der Waals surface area contributed by atoms with Gasteiger partial charge in [0, 0.05) is 18.1 Å². The molecule has 0 heterocycles. The summed E-state index contributed by atoms with van der Waals surface area (Å²) in [6.45, 7) is 3.57. The first kappa shape index (κ1) is 13.2. The first-order valence-corrected chi connectivity index (χ1v) is 5.25. The number of hydrogen-bond acceptors (Lipinski definition) is 4. The molecule has 0 aromatic heterocycles. The lowest BCUT2D eigenvalue weighted by molar-refractivity contribution is -0.118. The van der Waals surface area contributed by atoms with Gasteiger partial charge in [0.05, 0.1) is 19.9 Å². The van der Waals surface area contributed by atoms with E-state index in [9.17, 15) is 9.90 Å². The van der Waals surface area contributed by atoms with Crippen molar-refractivity contribution in [3.05, 3.63) is 12.1 Å². The van der Waals surface area contributed by atoms with Gasteiger partial charge >= 0.3 is 0 Å². The maximum absolute atomic E-state index is 11.6. The molecule has 1 aromatic carbocycles. The maximum atomic E-state index is 11.6. The van der Waals surface area contributed by atoms with Gasteiger partial charge in [-0.05, 0) is 0 Å². The number of hydrogen-bond donors (Lipinski definition) is 2. The Hall–Kier alpha value is -1.91. The van der Waals surface area contributed by atoms with Gasteiger partial charge in [-0.2, -0.15) is 0 Å². The highest BCUT2D eigenvalue weighted by molar-refractivity contribution is 5.94. The van der Waals surface area contributed by atoms with Crippen LogP contribution in [0.5, 0.6) is 17.2 Å². The Labute approximate surface area is 100 Å². The molecule has 94 valence electrons. The lowest BCUT2D eigenvalue weighted by atomic mass is 10.2. The molecular formula is C12H17NO4. The summed E-state index contributed by atoms with van der Waals surface area (Å²) >= 11 is 0. The van der Waals surface area contributed by atoms with Crippen molar-refractivity contribution in [1.29, 1.82) is 0 Å². The Kier molecular flexibility index (Phi) is 4.20. The Bertz CT molecular complexity index is 415. The summed E-state index contributed by atoms with van der Waals surface area (Å²) in [5, 5.41) is 12.3. The highest BCUT2D eigenvalue weighted by Gasteiger charge is 2.14. The summed E-state index contributed by atoms with van der Waals surface area (Å²) < 4.78 is 10.1. The van der Waals surface area contributed by atoms with Crippen molar-refractivity contribution in [3.8, 4) is 17.2 Å². The van der Waals surface area contributed by atoms with Crippen molar-refractivity contribution >= 4 is 11.6 Å². The van der Waals surface area contributed by atoms with Crippen molar-refractivity contribution < 1.29 is 19.4 Å². The summed E-state index contributed by atoms with van der Waals surface area (Å²) in [5.41, 5.74) is 0.421. The first-order valence-electron chi connectivity index (χ1n) is 5.25. The van der Waals surface area contributed by atoms with Gasteiger partial charge in [-0.3, -0.25) is 4.79 Å². The number of methoxy groups -OCH3 is 2. The number of aromatic hydroxyl groups is 1. The van der Waals surface area contributed by atoms with Crippen molar-refractivity contribution in [2.75, 3.05) is 19.5 Å². The van der Waals surface area contributed by atoms with Gasteiger partial charge in [0.1, 0.15) is 5.75 Å². The van der Waals surface area contributed by atoms with E-state index in [1.165, 1.54) is 26.4 Å². The molecule has 17 heavy (non-hydrogen) atoms. The number of phenolic OH excluding ortho intramolecular Hbond substituents is 1. The summed E-state index contributed by atoms with van der Waals surface area (Å²) in [6, 6.07) is 2.92. The van der Waals surface area contributed by atoms with Crippen molar-refractivity contribution in [1.82, 2.24) is 0 Å². The van der Waals surface area contributed by atoms with Crippen LogP contribution < -0.4 is 14.8 Å². The Morgan fingerprint density at radius 2 is 1.82 bits per heavy atom. The highest BCUT2D eigenvalue weighted by Crippen LogP contribution is 2.37. The number of carbonyl (C=O) groups is 1. The predicted octanol–water partition coefficient (Wildman–Crippen LogP) is 2.00. The van der Waals surface area contributed by atoms with Crippen LogP contribution in [-0.4, -0.2) is 25.2 Å². The van der Waals surface area contributed by atoms with Crippen LogP contribution in [0.3, 0.4) is 0 Å². The number of nitrogens with one attached hydrogen (secondary N) is 1. The van der Waals surface area contributed by atoms with E-state index < -0.39 is 0 Å². The molecule has 1 rings (SSSR count). The topological polar surface area (TPSA) is 67.8 Å². The Balaban J connectivity index is 3.06. The molecule has 0 saturated carbocycles. The van der Waals surface area contributed by atoms with Gasteiger partial charge in [0.15, 0.2) is 11.5 Å². The highest BCUT2D eigenvalue weighted by atomic mass is 16.5. The molecule has 0 aliphatic rings. The molecule has 5 heteroatoms. The quantitative estimate of drug-likeness (QED) is 0.843. The Morgan fingerprint density at radius 3 is 2.29 bits per heavy atom. The van der Waals surface area contributed by atoms with Crippen molar-refractivity contribution in [2.24, 2.45) is 5.92 Å². The predicted molar refractivity (Wildman–Crippen MR) is 64.7 cm³/mol. The molecule has 5 nitrogen and oxygen atoms in total. The van der Waals surface area contributed by atoms with E-state index in [1.54, 1.807) is 13.8 Å². The number of carbonyl (C=O) groups excluding carboxylic acids is 1. The molecule has 0 saturated heterocycles. The number of ether oxygens (including phenoxy) is 2. The van der Waals surface area contributed by atoms with Crippen LogP contribution in [-0.2, 0) is 4.79 Å². The smallest absolute Gasteiger partial charge is 0.227 e. The van der Waals surface area contributed by atoms with E-state index in [0.29, 0.717) is 17.2 Å². The van der Waals surface area contributed by atoms with Crippen LogP contribution in [0.1, 0.15) is 13.8 Å². The van der Waals surface area contributed by atoms with Crippen LogP contribution in [0.25, 0.3) is 0 Å². The maximum Gasteiger partial charge on any atom is 0.227 e. The molecule has 0 spiro atoms. The minimum absolute atomic E-state index is 0.0487. The summed E-state index contributed by atoms with van der Waals surface area (Å²) in [6.07, 6.45) is 0. The minimum Gasteiger partial charge on any atom is -0.504 e. The molecule has 0 fully saturated rings. The fourth-order valence-electron chi connectivity index (χ4n) is 1.26. The van der Waals surface area contributed by atoms with Crippen LogP contribution in [0.15, 0.2) is 12.1 Å². The van der Waals surface area contributed by atoms with Gasteiger partial charge in [-0.1, -0.05) is 13.8 Å². The van der Waals surface area contributed by atoms with E-state index in [-0.39, 0.29) is 17.6 Å². The fraction of sp³-hybridized carbons (Fsp3) is 0.417. The van der Waals surface area contributed by atoms with Crippen molar-refractivity contribution in [3.63, 3.8) is 0 Å². The second kappa shape index (κ2) is 5.43. The van der Waals surface area contributed by atoms with Crippen molar-refractivity contribution in [2.45, 2.75) is 13.8 Å². The van der Waals surface area contributed by atoms with Crippen LogP contribution >= 0.6 is 0 Å². The average molecular weight is 239 g/mol. The molecule has 1 amide bonds. The third-order valence-electron chi connectivity index (χ3n) is 2.28. The zero-order valence-corrected chi connectivity index (χ0v) is 10.4. The van der Waals surface area contributed by atoms with E-state index in [0.717, 1.165) is 0 Å². The van der Waals surface area contributed by atoms with Gasteiger partial charge < -0.3 is 19.9 Å². The third-order valence-corrected chi connectivity index (χ3v) is 2.28. The number of amides is 1. The van der Waals surface area contributed by atoms with Crippen LogP contribution in [0.2, 0.25) is 0 Å². The second-order valence-electron chi connectivity index (χ2n) is 3.87. The van der Waals surface area contributed by atoms with E-state index in [2.05, 4.69) is 5.32 Å². The SMILES string of the molecule is COc1cc(OC)c(NC(=O)C(C)C)cc1O. The number of rotatable bonds is 4. The molecule has 0 bridgehead atoms. The largest absolute Gasteiger partial charge is 0.504 e. The van der Waals surface area contributed by atoms with E-state index >= 15 is 0 Å². The van der Waals surface area contributed by atoms with Gasteiger partial charge in [-0.15, -0.1) is 0 Å². The fourth-order valence-corrected chi connectivity index (χ4v) is 1.26. The molecule has 0 aliphatic carbocycles. The average Bonchev–Trinajstić information content (AvgIpc) is 2.29. The molecule has 0 aliphatic heterocycles. The van der Waals surface area contributed by atoms with Gasteiger partial charge in [-0.25, -0.2) is 0 Å². The molecule has 0 radical (unpaired) electrons. The van der Waals surface area contributed by atoms with Gasteiger partial charge in [0.2, 0.25) is 5.91 Å². The summed E-state index contributed by atoms with van der Waals surface area (Å²) in [5.74, 6) is 0.391. The standard InChI is InChI=1S/C12H17NO4/c1-7(2)12(15)13-8-5-9(14)11(17-4)6-10(8)16-3/h5-7,14H,1-4H3,(H,13,15). The molecule has 2 N–H and O–H groups in total. The Morgan fingerprint density at radius 1 is 1.24 bits per heavy atom. The minimum atomic E-state index is -0.149. The molecule has 1 aromatic rings. The van der Waals surface area contributed by atoms with E-state index in [1.807, 2.05) is 0 Å². The summed E-state index contributed by atoms with van der Waals surface area (Å²) in [4.78, 5) is 11.6. The molecule has 0 atom stereocenters. The number of benzene rings is 1. The number of phenols is 1. The van der Waals surface area contributed by atoms with Crippen LogP contribution in [0.4, 0.5) is 5.69 Å². The summed E-state index contributed by atoms with van der Waals surface area (Å²) in [7, 11) is 2.93. The zero-order valence-electron chi connectivity index (χ0n) is 10.4. The zero-order chi connectivity index (χ0) is 13.0. The monoisotopic (exact) mass is 239 g/mol. The van der Waals surface area contributed by atoms with Gasteiger partial charge in [0.25, 0.3) is 0 Å².